The topological polar surface area (TPSA) is 3.24 Å². The normalized spacial score (nSPS) is 23.5. The zero-order chi connectivity index (χ0) is 17.1. The highest BCUT2D eigenvalue weighted by atomic mass is 15.2. The van der Waals surface area contributed by atoms with Crippen molar-refractivity contribution in [2.75, 3.05) is 6.54 Å². The van der Waals surface area contributed by atoms with Crippen LogP contribution in [-0.4, -0.2) is 17.5 Å². The van der Waals surface area contributed by atoms with Gasteiger partial charge in [0.1, 0.15) is 0 Å². The lowest BCUT2D eigenvalue weighted by Crippen LogP contribution is -2.38. The third kappa shape index (κ3) is 6.57. The van der Waals surface area contributed by atoms with E-state index in [4.69, 9.17) is 0 Å². The molecule has 1 fully saturated rings. The van der Waals surface area contributed by atoms with Gasteiger partial charge in [0.25, 0.3) is 0 Å². The summed E-state index contributed by atoms with van der Waals surface area (Å²) in [5.74, 6) is 0.835. The first-order valence-electron chi connectivity index (χ1n) is 9.83. The van der Waals surface area contributed by atoms with E-state index in [2.05, 4.69) is 63.8 Å². The Labute approximate surface area is 145 Å². The van der Waals surface area contributed by atoms with Crippen molar-refractivity contribution in [3.63, 3.8) is 0 Å². The predicted octanol–water partition coefficient (Wildman–Crippen LogP) is 6.87. The van der Waals surface area contributed by atoms with E-state index in [1.165, 1.54) is 57.9 Å². The monoisotopic (exact) mass is 317 g/mol. The average Bonchev–Trinajstić information content (AvgIpc) is 2.60. The minimum atomic E-state index is 0.763. The van der Waals surface area contributed by atoms with Crippen molar-refractivity contribution in [2.45, 2.75) is 92.0 Å². The first-order chi connectivity index (χ1) is 11.2. The van der Waals surface area contributed by atoms with Crippen LogP contribution in [0.15, 0.2) is 35.6 Å². The summed E-state index contributed by atoms with van der Waals surface area (Å²) in [6.45, 7) is 12.4. The van der Waals surface area contributed by atoms with E-state index in [0.29, 0.717) is 0 Å². The van der Waals surface area contributed by atoms with Crippen LogP contribution >= 0.6 is 0 Å². The van der Waals surface area contributed by atoms with E-state index in [1.54, 1.807) is 11.3 Å². The van der Waals surface area contributed by atoms with Gasteiger partial charge in [-0.1, -0.05) is 43.2 Å². The molecule has 1 aliphatic carbocycles. The third-order valence-electron chi connectivity index (χ3n) is 5.45. The Kier molecular flexibility index (Phi) is 10.1. The summed E-state index contributed by atoms with van der Waals surface area (Å²) in [5, 5.41) is 0. The van der Waals surface area contributed by atoms with Gasteiger partial charge in [-0.25, -0.2) is 0 Å². The molecule has 0 heterocycles. The van der Waals surface area contributed by atoms with Gasteiger partial charge in [-0.05, 0) is 78.6 Å². The Morgan fingerprint density at radius 2 is 1.74 bits per heavy atom. The van der Waals surface area contributed by atoms with E-state index in [-0.39, 0.29) is 0 Å². The van der Waals surface area contributed by atoms with Gasteiger partial charge in [-0.15, -0.1) is 0 Å². The quantitative estimate of drug-likeness (QED) is 0.331. The smallest absolute Gasteiger partial charge is 0.0287 e. The minimum absolute atomic E-state index is 0.763. The molecule has 23 heavy (non-hydrogen) atoms. The maximum absolute atomic E-state index is 2.76. The maximum Gasteiger partial charge on any atom is 0.0287 e. The largest absolute Gasteiger partial charge is 0.372 e. The van der Waals surface area contributed by atoms with Gasteiger partial charge >= 0.3 is 0 Å². The summed E-state index contributed by atoms with van der Waals surface area (Å²) < 4.78 is 0. The highest BCUT2D eigenvalue weighted by Crippen LogP contribution is 2.34. The number of unbranched alkanes of at least 4 members (excludes halogenated alkanes) is 1. The van der Waals surface area contributed by atoms with Gasteiger partial charge in [-0.3, -0.25) is 0 Å². The number of nitrogens with zero attached hydrogens (tertiary/aromatic N) is 1. The van der Waals surface area contributed by atoms with Crippen molar-refractivity contribution in [1.82, 2.24) is 4.90 Å². The summed E-state index contributed by atoms with van der Waals surface area (Å²) in [6.07, 6.45) is 19.6. The van der Waals surface area contributed by atoms with Crippen LogP contribution in [0.5, 0.6) is 0 Å². The van der Waals surface area contributed by atoms with Crippen LogP contribution in [0.2, 0.25) is 0 Å². The number of rotatable bonds is 9. The van der Waals surface area contributed by atoms with Crippen LogP contribution in [0.1, 0.15) is 86.0 Å². The number of hydrogen-bond donors (Lipinski definition) is 0. The lowest BCUT2D eigenvalue weighted by atomic mass is 9.81. The van der Waals surface area contributed by atoms with Gasteiger partial charge < -0.3 is 4.90 Å². The lowest BCUT2D eigenvalue weighted by molar-refractivity contribution is 0.174. The molecular weight excluding hydrogens is 278 g/mol. The molecule has 0 aliphatic heterocycles. The second-order valence-corrected chi connectivity index (χ2v) is 6.97. The summed E-state index contributed by atoms with van der Waals surface area (Å²) in [7, 11) is 0. The van der Waals surface area contributed by atoms with Crippen molar-refractivity contribution >= 4 is 0 Å². The summed E-state index contributed by atoms with van der Waals surface area (Å²) in [5.41, 5.74) is 3.18. The Morgan fingerprint density at radius 1 is 1.04 bits per heavy atom. The van der Waals surface area contributed by atoms with Crippen molar-refractivity contribution in [3.8, 4) is 0 Å². The molecule has 0 amide bonds. The van der Waals surface area contributed by atoms with Crippen molar-refractivity contribution < 1.29 is 0 Å². The second-order valence-electron chi connectivity index (χ2n) is 6.97. The Hall–Kier alpha value is -0.980. The summed E-state index contributed by atoms with van der Waals surface area (Å²) in [4.78, 5) is 2.76. The summed E-state index contributed by atoms with van der Waals surface area (Å²) in [6, 6.07) is 0.763. The molecule has 1 nitrogen and oxygen atoms in total. The third-order valence-corrected chi connectivity index (χ3v) is 5.45. The molecular formula is C22H39N. The highest BCUT2D eigenvalue weighted by Gasteiger charge is 2.26. The van der Waals surface area contributed by atoms with Gasteiger partial charge in [-0.2, -0.15) is 0 Å². The van der Waals surface area contributed by atoms with Crippen molar-refractivity contribution in [1.29, 1.82) is 0 Å². The van der Waals surface area contributed by atoms with Crippen molar-refractivity contribution in [2.24, 2.45) is 5.92 Å². The Bertz CT molecular complexity index is 394. The number of hydrogen-bond acceptors (Lipinski definition) is 1. The van der Waals surface area contributed by atoms with E-state index >= 15 is 0 Å². The molecule has 0 spiro atoms. The van der Waals surface area contributed by atoms with Crippen LogP contribution < -0.4 is 0 Å². The molecule has 0 atom stereocenters. The zero-order valence-corrected chi connectivity index (χ0v) is 16.3. The van der Waals surface area contributed by atoms with Crippen LogP contribution in [-0.2, 0) is 0 Å². The molecule has 0 radical (unpaired) electrons. The fourth-order valence-corrected chi connectivity index (χ4v) is 3.90. The molecule has 0 aromatic heterocycles. The van der Waals surface area contributed by atoms with Gasteiger partial charge in [0.15, 0.2) is 0 Å². The average molecular weight is 318 g/mol. The van der Waals surface area contributed by atoms with Crippen LogP contribution in [0.4, 0.5) is 0 Å². The predicted molar refractivity (Wildman–Crippen MR) is 105 cm³/mol. The Balaban J connectivity index is 2.68. The molecule has 0 N–H and O–H groups in total. The first kappa shape index (κ1) is 20.1. The van der Waals surface area contributed by atoms with E-state index in [0.717, 1.165) is 12.0 Å². The molecule has 1 heteroatoms. The molecule has 0 unspecified atom stereocenters. The molecule has 1 rings (SSSR count). The SMILES string of the molecule is C/C=C\CCCN(/C(=C/C)CCC)C1CCC(/C(C)=C/C)CC1. The van der Waals surface area contributed by atoms with Gasteiger partial charge in [0, 0.05) is 18.3 Å². The molecule has 132 valence electrons. The van der Waals surface area contributed by atoms with E-state index < -0.39 is 0 Å². The van der Waals surface area contributed by atoms with E-state index in [9.17, 15) is 0 Å². The maximum atomic E-state index is 2.76. The number of allylic oxidation sites excluding steroid dienone is 6. The zero-order valence-electron chi connectivity index (χ0n) is 16.3. The lowest BCUT2D eigenvalue weighted by Gasteiger charge is -2.40. The molecule has 0 aromatic carbocycles. The molecule has 0 saturated heterocycles. The van der Waals surface area contributed by atoms with Gasteiger partial charge in [0.2, 0.25) is 0 Å². The molecule has 0 bridgehead atoms. The first-order valence-corrected chi connectivity index (χ1v) is 9.83. The standard InChI is InChI=1S/C22H39N/c1-6-10-11-12-18-23(21(9-4)13-7-2)22-16-14-20(15-17-22)19(5)8-3/h6,8-10,20,22H,7,11-18H2,1-5H3/b10-6-,19-8+,21-9+. The molecule has 1 aliphatic rings. The van der Waals surface area contributed by atoms with Crippen LogP contribution in [0.25, 0.3) is 0 Å². The molecule has 1 saturated carbocycles. The van der Waals surface area contributed by atoms with Crippen molar-refractivity contribution in [3.05, 3.63) is 35.6 Å². The van der Waals surface area contributed by atoms with Gasteiger partial charge in [0.05, 0.1) is 0 Å². The van der Waals surface area contributed by atoms with Crippen LogP contribution in [0.3, 0.4) is 0 Å². The fourth-order valence-electron chi connectivity index (χ4n) is 3.90. The van der Waals surface area contributed by atoms with Crippen LogP contribution in [0, 0.1) is 5.92 Å². The Morgan fingerprint density at radius 3 is 2.26 bits per heavy atom. The summed E-state index contributed by atoms with van der Waals surface area (Å²) >= 11 is 0. The van der Waals surface area contributed by atoms with E-state index in [1.807, 2.05) is 0 Å². The molecule has 0 aromatic rings. The minimum Gasteiger partial charge on any atom is -0.372 e. The highest BCUT2D eigenvalue weighted by molar-refractivity contribution is 5.07. The fraction of sp³-hybridized carbons (Fsp3) is 0.727. The second kappa shape index (κ2) is 11.5.